The zero-order valence-electron chi connectivity index (χ0n) is 11.8. The van der Waals surface area contributed by atoms with Crippen molar-refractivity contribution < 1.29 is 0 Å². The van der Waals surface area contributed by atoms with E-state index in [9.17, 15) is 0 Å². The second-order valence-electron chi connectivity index (χ2n) is 4.93. The Hall–Kier alpha value is -2.15. The van der Waals surface area contributed by atoms with E-state index in [1.807, 2.05) is 25.1 Å². The summed E-state index contributed by atoms with van der Waals surface area (Å²) in [5, 5.41) is 0. The van der Waals surface area contributed by atoms with E-state index in [-0.39, 0.29) is 0 Å². The summed E-state index contributed by atoms with van der Waals surface area (Å²) in [6.45, 7) is 10.1. The number of hydrogen-bond acceptors (Lipinski definition) is 1. The molecule has 0 aliphatic rings. The van der Waals surface area contributed by atoms with Gasteiger partial charge in [0.1, 0.15) is 0 Å². The Morgan fingerprint density at radius 3 is 2.26 bits per heavy atom. The van der Waals surface area contributed by atoms with Crippen LogP contribution < -0.4 is 0 Å². The number of aromatic nitrogens is 1. The Balaban J connectivity index is 2.33. The zero-order valence-corrected chi connectivity index (χ0v) is 11.8. The molecule has 1 heterocycles. The molecule has 96 valence electrons. The molecule has 2 rings (SSSR count). The third-order valence-electron chi connectivity index (χ3n) is 3.05. The van der Waals surface area contributed by atoms with Gasteiger partial charge in [-0.25, -0.2) is 4.98 Å². The smallest absolute Gasteiger partial charge is 0.0666 e. The largest absolute Gasteiger partial charge is 0.249 e. The van der Waals surface area contributed by atoms with Crippen LogP contribution in [-0.4, -0.2) is 4.98 Å². The van der Waals surface area contributed by atoms with Gasteiger partial charge in [0.15, 0.2) is 0 Å². The topological polar surface area (TPSA) is 12.9 Å². The van der Waals surface area contributed by atoms with Gasteiger partial charge in [-0.05, 0) is 55.7 Å². The quantitative estimate of drug-likeness (QED) is 0.747. The van der Waals surface area contributed by atoms with Gasteiger partial charge in [0, 0.05) is 0 Å². The second kappa shape index (κ2) is 5.66. The van der Waals surface area contributed by atoms with Gasteiger partial charge in [-0.3, -0.25) is 0 Å². The zero-order chi connectivity index (χ0) is 13.8. The molecule has 1 aromatic heterocycles. The summed E-state index contributed by atoms with van der Waals surface area (Å²) in [4.78, 5) is 4.62. The van der Waals surface area contributed by atoms with Crippen LogP contribution in [0.15, 0.2) is 49.0 Å². The minimum Gasteiger partial charge on any atom is -0.249 e. The first-order chi connectivity index (χ1) is 9.06. The van der Waals surface area contributed by atoms with Crippen molar-refractivity contribution in [2.24, 2.45) is 0 Å². The Labute approximate surface area is 115 Å². The summed E-state index contributed by atoms with van der Waals surface area (Å²) >= 11 is 0. The van der Waals surface area contributed by atoms with Gasteiger partial charge >= 0.3 is 0 Å². The van der Waals surface area contributed by atoms with Crippen molar-refractivity contribution in [2.75, 3.05) is 0 Å². The molecule has 0 spiro atoms. The fourth-order valence-electron chi connectivity index (χ4n) is 1.88. The number of benzene rings is 1. The van der Waals surface area contributed by atoms with E-state index in [1.54, 1.807) is 0 Å². The summed E-state index contributed by atoms with van der Waals surface area (Å²) in [7, 11) is 0. The fourth-order valence-corrected chi connectivity index (χ4v) is 1.88. The molecule has 1 heteroatoms. The lowest BCUT2D eigenvalue weighted by Gasteiger charge is -2.05. The summed E-state index contributed by atoms with van der Waals surface area (Å²) < 4.78 is 0. The molecule has 0 aliphatic heterocycles. The third-order valence-corrected chi connectivity index (χ3v) is 3.05. The van der Waals surface area contributed by atoms with Crippen LogP contribution in [-0.2, 0) is 0 Å². The van der Waals surface area contributed by atoms with Crippen LogP contribution in [0.25, 0.3) is 17.2 Å². The first kappa shape index (κ1) is 13.3. The Morgan fingerprint density at radius 2 is 1.63 bits per heavy atom. The minimum absolute atomic E-state index is 0.953. The van der Waals surface area contributed by atoms with Crippen LogP contribution in [0.2, 0.25) is 0 Å². The molecule has 0 saturated heterocycles. The van der Waals surface area contributed by atoms with Crippen molar-refractivity contribution in [1.82, 2.24) is 4.98 Å². The van der Waals surface area contributed by atoms with Crippen LogP contribution in [0.3, 0.4) is 0 Å². The molecule has 2 aromatic rings. The Bertz CT molecular complexity index is 618. The maximum atomic E-state index is 4.62. The molecule has 0 amide bonds. The van der Waals surface area contributed by atoms with E-state index in [1.165, 1.54) is 11.1 Å². The van der Waals surface area contributed by atoms with Crippen molar-refractivity contribution in [2.45, 2.75) is 20.8 Å². The van der Waals surface area contributed by atoms with E-state index in [0.29, 0.717) is 0 Å². The van der Waals surface area contributed by atoms with Crippen LogP contribution in [0.4, 0.5) is 0 Å². The predicted octanol–water partition coefficient (Wildman–Crippen LogP) is 4.98. The molecule has 0 N–H and O–H groups in total. The van der Waals surface area contributed by atoms with Gasteiger partial charge in [-0.15, -0.1) is 0 Å². The molecule has 0 radical (unpaired) electrons. The van der Waals surface area contributed by atoms with Crippen molar-refractivity contribution in [3.63, 3.8) is 0 Å². The average Bonchev–Trinajstić information content (AvgIpc) is 2.41. The Morgan fingerprint density at radius 1 is 1.00 bits per heavy atom. The van der Waals surface area contributed by atoms with Crippen LogP contribution in [0, 0.1) is 6.92 Å². The third kappa shape index (κ3) is 3.41. The van der Waals surface area contributed by atoms with Gasteiger partial charge in [0.25, 0.3) is 0 Å². The van der Waals surface area contributed by atoms with Gasteiger partial charge in [-0.1, -0.05) is 42.5 Å². The lowest BCUT2D eigenvalue weighted by Crippen LogP contribution is -1.91. The van der Waals surface area contributed by atoms with Gasteiger partial charge in [0.2, 0.25) is 0 Å². The highest BCUT2D eigenvalue weighted by Crippen LogP contribution is 2.18. The van der Waals surface area contributed by atoms with Crippen LogP contribution >= 0.6 is 0 Å². The number of allylic oxidation sites excluding steroid dienone is 2. The summed E-state index contributed by atoms with van der Waals surface area (Å²) in [6.07, 6.45) is 2.16. The molecule has 0 atom stereocenters. The lowest BCUT2D eigenvalue weighted by atomic mass is 10.1. The van der Waals surface area contributed by atoms with Crippen molar-refractivity contribution in [1.29, 1.82) is 0 Å². The first-order valence-electron chi connectivity index (χ1n) is 6.44. The fraction of sp³-hybridized carbons (Fsp3) is 0.167. The van der Waals surface area contributed by atoms with Gasteiger partial charge in [0.05, 0.1) is 11.4 Å². The molecule has 0 saturated carbocycles. The highest BCUT2D eigenvalue weighted by Gasteiger charge is 2.01. The number of hydrogen-bond donors (Lipinski definition) is 0. The number of rotatable bonds is 3. The average molecular weight is 249 g/mol. The molecule has 1 aromatic carbocycles. The second-order valence-corrected chi connectivity index (χ2v) is 4.93. The van der Waals surface area contributed by atoms with E-state index < -0.39 is 0 Å². The maximum absolute atomic E-state index is 4.62. The SMILES string of the molecule is C=C(C)c1cccc(/C(C)=C/c2ccc(C)cc2)n1. The summed E-state index contributed by atoms with van der Waals surface area (Å²) in [5.74, 6) is 0. The monoisotopic (exact) mass is 249 g/mol. The molecular formula is C18H19N. The molecule has 0 fully saturated rings. The van der Waals surface area contributed by atoms with E-state index >= 15 is 0 Å². The molecule has 1 nitrogen and oxygen atoms in total. The Kier molecular flexibility index (Phi) is 3.96. The van der Waals surface area contributed by atoms with Crippen molar-refractivity contribution in [3.8, 4) is 0 Å². The van der Waals surface area contributed by atoms with Crippen LogP contribution in [0.1, 0.15) is 36.4 Å². The highest BCUT2D eigenvalue weighted by atomic mass is 14.7. The lowest BCUT2D eigenvalue weighted by molar-refractivity contribution is 1.22. The standard InChI is InChI=1S/C18H19N/c1-13(2)17-6-5-7-18(19-17)15(4)12-16-10-8-14(3)9-11-16/h5-12H,1H2,2-4H3/b15-12+. The minimum atomic E-state index is 0.953. The molecular weight excluding hydrogens is 230 g/mol. The van der Waals surface area contributed by atoms with Crippen molar-refractivity contribution >= 4 is 17.2 Å². The molecule has 0 bridgehead atoms. The number of aryl methyl sites for hydroxylation is 1. The van der Waals surface area contributed by atoms with E-state index in [4.69, 9.17) is 0 Å². The van der Waals surface area contributed by atoms with E-state index in [2.05, 4.69) is 55.8 Å². The van der Waals surface area contributed by atoms with Crippen molar-refractivity contribution in [3.05, 3.63) is 71.6 Å². The summed E-state index contributed by atoms with van der Waals surface area (Å²) in [5.41, 5.74) is 6.58. The molecule has 0 aliphatic carbocycles. The molecule has 19 heavy (non-hydrogen) atoms. The molecule has 0 unspecified atom stereocenters. The summed E-state index contributed by atoms with van der Waals surface area (Å²) in [6, 6.07) is 14.5. The first-order valence-corrected chi connectivity index (χ1v) is 6.44. The van der Waals surface area contributed by atoms with Crippen LogP contribution in [0.5, 0.6) is 0 Å². The normalized spacial score (nSPS) is 11.4. The maximum Gasteiger partial charge on any atom is 0.0666 e. The van der Waals surface area contributed by atoms with Gasteiger partial charge in [-0.2, -0.15) is 0 Å². The van der Waals surface area contributed by atoms with Gasteiger partial charge < -0.3 is 0 Å². The van der Waals surface area contributed by atoms with E-state index in [0.717, 1.165) is 22.5 Å². The number of nitrogens with zero attached hydrogens (tertiary/aromatic N) is 1. The highest BCUT2D eigenvalue weighted by molar-refractivity contribution is 5.79. The number of pyridine rings is 1. The predicted molar refractivity (Wildman–Crippen MR) is 83.7 cm³/mol.